The molecular formula is C68H89Cl5N12O6S3. The van der Waals surface area contributed by atoms with Gasteiger partial charge in [0.2, 0.25) is 0 Å². The highest BCUT2D eigenvalue weighted by Gasteiger charge is 2.46. The number of benzene rings is 3. The Morgan fingerprint density at radius 3 is 1.10 bits per heavy atom. The Hall–Kier alpha value is -5.69. The van der Waals surface area contributed by atoms with E-state index in [0.717, 1.165) is 104 Å². The van der Waals surface area contributed by atoms with Crippen molar-refractivity contribution < 1.29 is 28.8 Å². The summed E-state index contributed by atoms with van der Waals surface area (Å²) in [5.74, 6) is 0.132. The van der Waals surface area contributed by atoms with Gasteiger partial charge in [0.25, 0.3) is 17.7 Å². The molecule has 0 radical (unpaired) electrons. The molecule has 0 spiro atoms. The minimum atomic E-state index is -0.499. The zero-order valence-corrected chi connectivity index (χ0v) is 56.5. The third-order valence-electron chi connectivity index (χ3n) is 19.0. The first-order chi connectivity index (χ1) is 43.0. The third-order valence-corrected chi connectivity index (χ3v) is 23.5. The molecule has 94 heavy (non-hydrogen) atoms. The minimum Gasteiger partial charge on any atom is -0.365 e. The van der Waals surface area contributed by atoms with Crippen molar-refractivity contribution in [1.29, 1.82) is 0 Å². The van der Waals surface area contributed by atoms with E-state index in [2.05, 4.69) is 47.0 Å². The smallest absolute Gasteiger partial charge is 0.324 e. The van der Waals surface area contributed by atoms with Gasteiger partial charge < -0.3 is 38.5 Å². The van der Waals surface area contributed by atoms with Crippen LogP contribution in [0.3, 0.4) is 0 Å². The average Bonchev–Trinajstić information content (AvgIpc) is 1.60. The molecule has 6 bridgehead atoms. The number of carbonyl (C=O) groups is 6. The molecule has 6 aromatic rings. The predicted octanol–water partition coefficient (Wildman–Crippen LogP) is 17.8. The number of nitrogens with one attached hydrogen (secondary N) is 7. The maximum atomic E-state index is 12.6. The normalized spacial score (nSPS) is 21.2. The molecule has 9 heterocycles. The van der Waals surface area contributed by atoms with Gasteiger partial charge in [0, 0.05) is 96.1 Å². The van der Waals surface area contributed by atoms with Gasteiger partial charge in [0.15, 0.2) is 0 Å². The summed E-state index contributed by atoms with van der Waals surface area (Å²) >= 11 is 22.1. The van der Waals surface area contributed by atoms with E-state index in [1.807, 2.05) is 0 Å². The number of carbonyl (C=O) groups excluding carboxylic acids is 6. The number of hydrogen-bond acceptors (Lipinski definition) is 12. The number of hydrogen-bond donors (Lipinski definition) is 10. The Morgan fingerprint density at radius 2 is 0.755 bits per heavy atom. The lowest BCUT2D eigenvalue weighted by Crippen LogP contribution is -2.40. The van der Waals surface area contributed by atoms with E-state index in [-0.39, 0.29) is 53.1 Å². The first kappa shape index (κ1) is 75.7. The second-order valence-corrected chi connectivity index (χ2v) is 29.3. The molecule has 6 unspecified atom stereocenters. The van der Waals surface area contributed by atoms with Gasteiger partial charge >= 0.3 is 18.1 Å². The summed E-state index contributed by atoms with van der Waals surface area (Å²) in [6.07, 6.45) is 22.6. The van der Waals surface area contributed by atoms with Gasteiger partial charge in [-0.2, -0.15) is 0 Å². The maximum absolute atomic E-state index is 12.6. The number of nitrogens with two attached hydrogens (primary N) is 3. The second-order valence-electron chi connectivity index (χ2n) is 24.8. The number of halogens is 5. The molecule has 6 atom stereocenters. The lowest BCUT2D eigenvalue weighted by molar-refractivity contribution is 0.0988. The van der Waals surface area contributed by atoms with Gasteiger partial charge in [-0.3, -0.25) is 40.1 Å². The summed E-state index contributed by atoms with van der Waals surface area (Å²) in [4.78, 5) is 83.2. The fourth-order valence-corrected chi connectivity index (χ4v) is 19.5. The van der Waals surface area contributed by atoms with Crippen LogP contribution in [-0.2, 0) is 19.3 Å². The molecule has 5 fully saturated rings. The molecule has 3 aromatic heterocycles. The molecule has 8 aliphatic rings. The van der Waals surface area contributed by atoms with E-state index in [1.54, 1.807) is 72.8 Å². The van der Waals surface area contributed by atoms with Crippen molar-refractivity contribution in [2.24, 2.45) is 29.0 Å². The Kier molecular flexibility index (Phi) is 27.0. The van der Waals surface area contributed by atoms with E-state index in [0.29, 0.717) is 94.0 Å². The van der Waals surface area contributed by atoms with Crippen LogP contribution >= 0.6 is 93.6 Å². The number of amides is 9. The quantitative estimate of drug-likeness (QED) is 0.0526. The van der Waals surface area contributed by atoms with Crippen LogP contribution in [0.15, 0.2) is 72.8 Å². The first-order valence-corrected chi connectivity index (χ1v) is 34.7. The van der Waals surface area contributed by atoms with Crippen molar-refractivity contribution in [3.63, 3.8) is 0 Å². The molecule has 2 aliphatic carbocycles. The SMILES string of the molecule is C.C.C.Cl.Cl.NC(=O)c1c(NC(=O)Nc2ccc(Cl)cc2)sc2c1CC1CCC2N1.NC(=O)c1c(NC(=O)Nc2ccc(Cl)cc2)sc2c1CC1CCC2N1CC1CCCCC1.NC(=O)c1c(NC(=O)Nc2ccc(Cl)cc2)sc2c1CC1CCC2N1CC1CCCCC1. The van der Waals surface area contributed by atoms with Gasteiger partial charge in [0.05, 0.1) is 16.7 Å². The lowest BCUT2D eigenvalue weighted by Gasteiger charge is -2.38. The van der Waals surface area contributed by atoms with Crippen molar-refractivity contribution in [1.82, 2.24) is 15.1 Å². The largest absolute Gasteiger partial charge is 0.365 e. The van der Waals surface area contributed by atoms with E-state index < -0.39 is 35.8 Å². The molecule has 510 valence electrons. The van der Waals surface area contributed by atoms with Gasteiger partial charge in [-0.25, -0.2) is 14.4 Å². The number of fused-ring (bicyclic) bond motifs is 12. The zero-order chi connectivity index (χ0) is 62.0. The molecule has 2 saturated carbocycles. The van der Waals surface area contributed by atoms with Gasteiger partial charge in [0.1, 0.15) is 15.0 Å². The standard InChI is InChI=1S/2C24H29ClN4O2S.C17H17ClN4O2S.3CH4.2ClH/c2*25-15-6-8-16(9-7-15)27-24(31)28-23-20(22(26)30)18-12-17-10-11-19(21(18)32-23)29(17)13-14-4-2-1-3-5-14;18-8-1-3-9(4-2-8)21-17(24)22-16-13(15(19)23)11-7-10-5-6-12(20-10)14(11)25-16;;;;;/h2*6-9,14,17,19H,1-5,10-13H2,(H2,26,30)(H2,27,28,31);1-4,10,12,20H,5-7H2,(H2,19,23)(H2,21,22,24);3*1H4;2*1H. The maximum Gasteiger partial charge on any atom is 0.324 e. The topological polar surface area (TPSA) is 271 Å². The van der Waals surface area contributed by atoms with Crippen molar-refractivity contribution >= 4 is 162 Å². The summed E-state index contributed by atoms with van der Waals surface area (Å²) in [6, 6.07) is 21.7. The molecular weight excluding hydrogens is 1350 g/mol. The number of primary amides is 3. The molecule has 3 saturated heterocycles. The Morgan fingerprint density at radius 1 is 0.426 bits per heavy atom. The highest BCUT2D eigenvalue weighted by Crippen LogP contribution is 2.53. The van der Waals surface area contributed by atoms with Crippen LogP contribution in [0.25, 0.3) is 0 Å². The van der Waals surface area contributed by atoms with Crippen LogP contribution in [0.4, 0.5) is 46.4 Å². The van der Waals surface area contributed by atoms with Crippen molar-refractivity contribution in [2.75, 3.05) is 45.0 Å². The predicted molar refractivity (Wildman–Crippen MR) is 394 cm³/mol. The Labute approximate surface area is 591 Å². The number of nitrogens with zero attached hydrogens (tertiary/aromatic N) is 2. The molecule has 6 aliphatic heterocycles. The first-order valence-electron chi connectivity index (χ1n) is 31.1. The molecule has 9 amide bonds. The third kappa shape index (κ3) is 17.2. The molecule has 26 heteroatoms. The van der Waals surface area contributed by atoms with Crippen LogP contribution < -0.4 is 54.4 Å². The summed E-state index contributed by atoms with van der Waals surface area (Å²) in [7, 11) is 0. The fourth-order valence-electron chi connectivity index (χ4n) is 15.0. The summed E-state index contributed by atoms with van der Waals surface area (Å²) < 4.78 is 0. The number of thiophene rings is 3. The van der Waals surface area contributed by atoms with Gasteiger partial charge in [-0.1, -0.05) is 95.6 Å². The zero-order valence-electron chi connectivity index (χ0n) is 50.1. The highest BCUT2D eigenvalue weighted by atomic mass is 35.5. The minimum absolute atomic E-state index is 0. The molecule has 13 N–H and O–H groups in total. The van der Waals surface area contributed by atoms with Crippen LogP contribution in [0.1, 0.15) is 206 Å². The Bertz CT molecular complexity index is 3470. The highest BCUT2D eigenvalue weighted by molar-refractivity contribution is 7.17. The van der Waals surface area contributed by atoms with Gasteiger partial charge in [-0.15, -0.1) is 58.8 Å². The lowest BCUT2D eigenvalue weighted by atomic mass is 9.87. The summed E-state index contributed by atoms with van der Waals surface area (Å²) in [6.45, 7) is 2.30. The van der Waals surface area contributed by atoms with Crippen molar-refractivity contribution in [3.8, 4) is 0 Å². The number of anilines is 6. The van der Waals surface area contributed by atoms with E-state index in [1.165, 1.54) is 108 Å². The van der Waals surface area contributed by atoms with Crippen LogP contribution in [-0.4, -0.2) is 76.8 Å². The number of rotatable bonds is 13. The number of urea groups is 3. The molecule has 3 aromatic carbocycles. The van der Waals surface area contributed by atoms with Crippen LogP contribution in [0, 0.1) is 11.8 Å². The fraction of sp³-hybridized carbons (Fsp3) is 0.471. The summed E-state index contributed by atoms with van der Waals surface area (Å²) in [5.41, 5.74) is 23.6. The molecule has 14 rings (SSSR count). The van der Waals surface area contributed by atoms with E-state index >= 15 is 0 Å². The Balaban J connectivity index is 0.000000196. The van der Waals surface area contributed by atoms with Crippen molar-refractivity contribution in [2.45, 2.75) is 181 Å². The van der Waals surface area contributed by atoms with Crippen LogP contribution in [0.5, 0.6) is 0 Å². The summed E-state index contributed by atoms with van der Waals surface area (Å²) in [5, 5.41) is 23.8. The average molecular weight is 1440 g/mol. The van der Waals surface area contributed by atoms with E-state index in [4.69, 9.17) is 52.0 Å². The van der Waals surface area contributed by atoms with Crippen LogP contribution in [0.2, 0.25) is 15.1 Å². The second kappa shape index (κ2) is 33.5. The molecule has 18 nitrogen and oxygen atoms in total. The van der Waals surface area contributed by atoms with Crippen molar-refractivity contribution in [3.05, 3.63) is 136 Å². The van der Waals surface area contributed by atoms with Gasteiger partial charge in [-0.05, 0) is 185 Å². The van der Waals surface area contributed by atoms with E-state index in [9.17, 15) is 28.8 Å². The monoisotopic (exact) mass is 1440 g/mol.